The van der Waals surface area contributed by atoms with Crippen LogP contribution in [0.4, 0.5) is 0 Å². The molecule has 1 aromatic rings. The maximum atomic E-state index is 5.52. The molecule has 0 radical (unpaired) electrons. The Kier molecular flexibility index (Phi) is 12.4. The Labute approximate surface area is 218 Å². The quantitative estimate of drug-likeness (QED) is 0.270. The summed E-state index contributed by atoms with van der Waals surface area (Å²) >= 11 is 0. The van der Waals surface area contributed by atoms with Gasteiger partial charge >= 0.3 is 0 Å². The summed E-state index contributed by atoms with van der Waals surface area (Å²) in [5, 5.41) is 7.00. The van der Waals surface area contributed by atoms with E-state index in [1.807, 2.05) is 0 Å². The van der Waals surface area contributed by atoms with Gasteiger partial charge in [0.2, 0.25) is 0 Å². The van der Waals surface area contributed by atoms with Gasteiger partial charge in [-0.1, -0.05) is 31.2 Å². The number of benzene rings is 1. The lowest BCUT2D eigenvalue weighted by atomic mass is 10.0. The van der Waals surface area contributed by atoms with Gasteiger partial charge in [-0.3, -0.25) is 9.80 Å². The molecule has 7 nitrogen and oxygen atoms in total. The van der Waals surface area contributed by atoms with Crippen LogP contribution >= 0.6 is 24.0 Å². The largest absolute Gasteiger partial charge is 0.379 e. The molecule has 0 amide bonds. The fourth-order valence-electron chi connectivity index (χ4n) is 4.46. The highest BCUT2D eigenvalue weighted by Gasteiger charge is 2.28. The molecule has 2 heterocycles. The summed E-state index contributed by atoms with van der Waals surface area (Å²) in [4.78, 5) is 12.5. The van der Waals surface area contributed by atoms with Crippen LogP contribution in [-0.4, -0.2) is 98.3 Å². The van der Waals surface area contributed by atoms with Crippen LogP contribution in [0.2, 0.25) is 0 Å². The van der Waals surface area contributed by atoms with E-state index in [9.17, 15) is 0 Å². The van der Waals surface area contributed by atoms with Gasteiger partial charge in [-0.15, -0.1) is 24.0 Å². The van der Waals surface area contributed by atoms with Crippen LogP contribution in [0.15, 0.2) is 29.3 Å². The first-order valence-corrected chi connectivity index (χ1v) is 12.4. The van der Waals surface area contributed by atoms with Crippen LogP contribution in [0.25, 0.3) is 0 Å². The molecule has 188 valence electrons. The fourth-order valence-corrected chi connectivity index (χ4v) is 4.46. The van der Waals surface area contributed by atoms with E-state index in [0.717, 1.165) is 71.5 Å². The highest BCUT2D eigenvalue weighted by Crippen LogP contribution is 2.16. The maximum absolute atomic E-state index is 5.52. The Morgan fingerprint density at radius 1 is 0.939 bits per heavy atom. The molecule has 2 aliphatic rings. The van der Waals surface area contributed by atoms with Gasteiger partial charge in [0.1, 0.15) is 0 Å². The van der Waals surface area contributed by atoms with E-state index in [1.54, 1.807) is 0 Å². The van der Waals surface area contributed by atoms with Crippen molar-refractivity contribution in [2.45, 2.75) is 46.3 Å². The molecule has 0 bridgehead atoms. The first-order valence-electron chi connectivity index (χ1n) is 12.4. The lowest BCUT2D eigenvalue weighted by molar-refractivity contribution is -0.00834. The minimum atomic E-state index is 0. The van der Waals surface area contributed by atoms with E-state index in [-0.39, 0.29) is 29.5 Å². The van der Waals surface area contributed by atoms with Crippen molar-refractivity contribution in [1.82, 2.24) is 25.3 Å². The third-order valence-electron chi connectivity index (χ3n) is 6.73. The number of hydrogen-bond donors (Lipinski definition) is 2. The fraction of sp³-hybridized carbons (Fsp3) is 0.720. The second-order valence-electron chi connectivity index (χ2n) is 9.44. The Bertz CT molecular complexity index is 715. The summed E-state index contributed by atoms with van der Waals surface area (Å²) in [6.07, 6.45) is 0. The van der Waals surface area contributed by atoms with Crippen LogP contribution < -0.4 is 10.6 Å². The molecule has 0 unspecified atom stereocenters. The molecule has 2 aliphatic heterocycles. The van der Waals surface area contributed by atoms with Gasteiger partial charge in [0.05, 0.1) is 19.8 Å². The zero-order chi connectivity index (χ0) is 22.8. The molecule has 2 fully saturated rings. The lowest BCUT2D eigenvalue weighted by Crippen LogP contribution is -2.56. The number of likely N-dealkylation sites (N-methyl/N-ethyl adjacent to an activating group) is 1. The van der Waals surface area contributed by atoms with Gasteiger partial charge in [-0.25, -0.2) is 4.99 Å². The molecular weight excluding hydrogens is 527 g/mol. The first kappa shape index (κ1) is 28.3. The number of hydrogen-bond acceptors (Lipinski definition) is 5. The first-order chi connectivity index (χ1) is 15.5. The van der Waals surface area contributed by atoms with Crippen molar-refractivity contribution in [2.75, 3.05) is 72.1 Å². The maximum Gasteiger partial charge on any atom is 0.191 e. The molecule has 0 saturated carbocycles. The molecule has 3 rings (SSSR count). The van der Waals surface area contributed by atoms with Crippen molar-refractivity contribution >= 4 is 29.9 Å². The smallest absolute Gasteiger partial charge is 0.191 e. The Morgan fingerprint density at radius 3 is 2.21 bits per heavy atom. The molecule has 33 heavy (non-hydrogen) atoms. The number of guanidine groups is 1. The predicted octanol–water partition coefficient (Wildman–Crippen LogP) is 2.61. The van der Waals surface area contributed by atoms with Gasteiger partial charge in [-0.2, -0.15) is 0 Å². The van der Waals surface area contributed by atoms with Gasteiger partial charge < -0.3 is 20.3 Å². The SMILES string of the molecule is CCNC(=NCc1ccccc1CN1CCN(CC)CC1)NCC(C)(C)N1CCOCC1.I. The molecule has 0 atom stereocenters. The number of nitrogens with zero attached hydrogens (tertiary/aromatic N) is 4. The minimum Gasteiger partial charge on any atom is -0.379 e. The van der Waals surface area contributed by atoms with Gasteiger partial charge in [0.15, 0.2) is 5.96 Å². The number of piperazine rings is 1. The zero-order valence-electron chi connectivity index (χ0n) is 21.1. The van der Waals surface area contributed by atoms with Crippen molar-refractivity contribution in [3.63, 3.8) is 0 Å². The summed E-state index contributed by atoms with van der Waals surface area (Å²) in [6, 6.07) is 8.77. The summed E-state index contributed by atoms with van der Waals surface area (Å²) in [5.74, 6) is 0.889. The van der Waals surface area contributed by atoms with E-state index in [4.69, 9.17) is 9.73 Å². The summed E-state index contributed by atoms with van der Waals surface area (Å²) in [7, 11) is 0. The van der Waals surface area contributed by atoms with Crippen molar-refractivity contribution in [1.29, 1.82) is 0 Å². The molecule has 0 spiro atoms. The topological polar surface area (TPSA) is 55.4 Å². The van der Waals surface area contributed by atoms with Gasteiger partial charge in [0, 0.05) is 64.4 Å². The number of ether oxygens (including phenoxy) is 1. The molecule has 0 aliphatic carbocycles. The Morgan fingerprint density at radius 2 is 1.58 bits per heavy atom. The summed E-state index contributed by atoms with van der Waals surface area (Å²) in [6.45, 7) is 21.8. The standard InChI is InChI=1S/C25H44N6O.HI/c1-5-26-24(28-21-25(3,4)31-15-17-32-18-16-31)27-19-22-9-7-8-10-23(22)20-30-13-11-29(6-2)12-14-30;/h7-10H,5-6,11-21H2,1-4H3,(H2,26,27,28);1H. The van der Waals surface area contributed by atoms with E-state index in [1.165, 1.54) is 24.2 Å². The lowest BCUT2D eigenvalue weighted by Gasteiger charge is -2.41. The summed E-state index contributed by atoms with van der Waals surface area (Å²) < 4.78 is 5.52. The van der Waals surface area contributed by atoms with Gasteiger partial charge in [-0.05, 0) is 38.4 Å². The number of nitrogens with one attached hydrogen (secondary N) is 2. The molecule has 0 aromatic heterocycles. The Balaban J connectivity index is 0.00000385. The minimum absolute atomic E-state index is 0. The number of aliphatic imine (C=N–C) groups is 1. The van der Waals surface area contributed by atoms with Crippen molar-refractivity contribution in [2.24, 2.45) is 4.99 Å². The zero-order valence-corrected chi connectivity index (χ0v) is 23.4. The third-order valence-corrected chi connectivity index (χ3v) is 6.73. The van der Waals surface area contributed by atoms with Crippen molar-refractivity contribution in [3.05, 3.63) is 35.4 Å². The number of rotatable bonds is 9. The van der Waals surface area contributed by atoms with E-state index in [2.05, 4.69) is 77.3 Å². The van der Waals surface area contributed by atoms with Crippen LogP contribution in [0.3, 0.4) is 0 Å². The third kappa shape index (κ3) is 8.98. The van der Waals surface area contributed by atoms with Gasteiger partial charge in [0.25, 0.3) is 0 Å². The van der Waals surface area contributed by atoms with E-state index < -0.39 is 0 Å². The number of halogens is 1. The predicted molar refractivity (Wildman–Crippen MR) is 149 cm³/mol. The number of morpholine rings is 1. The van der Waals surface area contributed by atoms with Crippen LogP contribution in [0, 0.1) is 0 Å². The van der Waals surface area contributed by atoms with Crippen molar-refractivity contribution in [3.8, 4) is 0 Å². The van der Waals surface area contributed by atoms with Crippen LogP contribution in [-0.2, 0) is 17.8 Å². The van der Waals surface area contributed by atoms with E-state index >= 15 is 0 Å². The highest BCUT2D eigenvalue weighted by atomic mass is 127. The van der Waals surface area contributed by atoms with Crippen LogP contribution in [0.5, 0.6) is 0 Å². The molecule has 8 heteroatoms. The summed E-state index contributed by atoms with van der Waals surface area (Å²) in [5.41, 5.74) is 2.76. The normalized spacial score (nSPS) is 19.2. The molecule has 2 saturated heterocycles. The second kappa shape index (κ2) is 14.5. The second-order valence-corrected chi connectivity index (χ2v) is 9.44. The average molecular weight is 573 g/mol. The Hall–Kier alpha value is -0.940. The van der Waals surface area contributed by atoms with Crippen LogP contribution in [0.1, 0.15) is 38.8 Å². The van der Waals surface area contributed by atoms with E-state index in [0.29, 0.717) is 6.54 Å². The van der Waals surface area contributed by atoms with Crippen molar-refractivity contribution < 1.29 is 4.74 Å². The molecular formula is C25H45IN6O. The molecule has 1 aromatic carbocycles. The molecule has 2 N–H and O–H groups in total. The monoisotopic (exact) mass is 572 g/mol. The highest BCUT2D eigenvalue weighted by molar-refractivity contribution is 14.0. The average Bonchev–Trinajstić information content (AvgIpc) is 2.83.